The maximum absolute atomic E-state index is 13.5. The number of rotatable bonds is 6. The summed E-state index contributed by atoms with van der Waals surface area (Å²) in [5, 5.41) is 6.06. The van der Waals surface area contributed by atoms with Crippen LogP contribution in [0.15, 0.2) is 41.3 Å². The maximum atomic E-state index is 13.5. The van der Waals surface area contributed by atoms with Crippen molar-refractivity contribution in [2.24, 2.45) is 0 Å². The van der Waals surface area contributed by atoms with E-state index in [-0.39, 0.29) is 34.6 Å². The van der Waals surface area contributed by atoms with Gasteiger partial charge in [-0.2, -0.15) is 13.2 Å². The molecule has 0 atom stereocenters. The number of hydrogen-bond acceptors (Lipinski definition) is 6. The first kappa shape index (κ1) is 24.6. The number of nitrogens with one attached hydrogen (secondary N) is 2. The van der Waals surface area contributed by atoms with Gasteiger partial charge in [-0.25, -0.2) is 9.97 Å². The molecule has 1 saturated heterocycles. The number of halogens is 3. The predicted molar refractivity (Wildman–Crippen MR) is 124 cm³/mol. The molecule has 1 fully saturated rings. The first-order valence-corrected chi connectivity index (χ1v) is 11.4. The Morgan fingerprint density at radius 3 is 2.69 bits per heavy atom. The molecule has 1 aliphatic heterocycles. The van der Waals surface area contributed by atoms with Gasteiger partial charge in [-0.15, -0.1) is 0 Å². The molecule has 0 saturated carbocycles. The van der Waals surface area contributed by atoms with Crippen LogP contribution in [0.5, 0.6) is 5.75 Å². The number of aromatic nitrogens is 3. The molecule has 2 aromatic heterocycles. The van der Waals surface area contributed by atoms with Crippen LogP contribution in [0, 0.1) is 0 Å². The first-order chi connectivity index (χ1) is 16.6. The summed E-state index contributed by atoms with van der Waals surface area (Å²) in [5.74, 6) is -0.146. The highest BCUT2D eigenvalue weighted by molar-refractivity contribution is 5.80. The maximum Gasteiger partial charge on any atom is 0.416 e. The van der Waals surface area contributed by atoms with E-state index in [1.54, 1.807) is 13.8 Å². The van der Waals surface area contributed by atoms with Crippen LogP contribution in [0.3, 0.4) is 0 Å². The highest BCUT2D eigenvalue weighted by atomic mass is 19.4. The van der Waals surface area contributed by atoms with Crippen LogP contribution in [0.2, 0.25) is 0 Å². The number of fused-ring (bicyclic) bond motifs is 1. The lowest BCUT2D eigenvalue weighted by molar-refractivity contribution is -0.137. The second-order valence-corrected chi connectivity index (χ2v) is 8.74. The summed E-state index contributed by atoms with van der Waals surface area (Å²) in [6.45, 7) is 4.77. The first-order valence-electron chi connectivity index (χ1n) is 11.4. The lowest BCUT2D eigenvalue weighted by Crippen LogP contribution is -2.37. The number of carbonyl (C=O) groups is 1. The van der Waals surface area contributed by atoms with E-state index < -0.39 is 29.8 Å². The van der Waals surface area contributed by atoms with Gasteiger partial charge in [-0.1, -0.05) is 12.1 Å². The molecule has 0 aliphatic carbocycles. The van der Waals surface area contributed by atoms with Crippen molar-refractivity contribution in [2.75, 3.05) is 13.1 Å². The number of pyridine rings is 1. The molecule has 8 nitrogen and oxygen atoms in total. The molecule has 2 N–H and O–H groups in total. The fourth-order valence-corrected chi connectivity index (χ4v) is 3.97. The Morgan fingerprint density at radius 1 is 1.26 bits per heavy atom. The minimum absolute atomic E-state index is 0.0214. The van der Waals surface area contributed by atoms with Crippen molar-refractivity contribution < 1.29 is 22.7 Å². The second-order valence-electron chi connectivity index (χ2n) is 8.74. The van der Waals surface area contributed by atoms with Crippen molar-refractivity contribution >= 4 is 16.9 Å². The molecule has 0 unspecified atom stereocenters. The summed E-state index contributed by atoms with van der Waals surface area (Å²) in [7, 11) is 0. The standard InChI is InChI=1S/C24H26F3N5O3/c1-14(2)30-20(33)13-32-22(15-4-3-5-16(10-15)24(25,26)27)31-21-19(23(32)34)11-18(12-29-21)35-17-6-8-28-9-7-17/h3-5,10-12,14,17,28H,6-9,13H2,1-2H3,(H,30,33). The Morgan fingerprint density at radius 2 is 2.00 bits per heavy atom. The zero-order valence-corrected chi connectivity index (χ0v) is 19.4. The zero-order valence-electron chi connectivity index (χ0n) is 19.4. The van der Waals surface area contributed by atoms with Crippen LogP contribution in [0.25, 0.3) is 22.4 Å². The van der Waals surface area contributed by atoms with Gasteiger partial charge < -0.3 is 15.4 Å². The SMILES string of the molecule is CC(C)NC(=O)Cn1c(-c2cccc(C(F)(F)F)c2)nc2ncc(OC3CCNCC3)cc2c1=O. The molecule has 0 spiro atoms. The molecule has 1 amide bonds. The fraction of sp³-hybridized carbons (Fsp3) is 0.417. The summed E-state index contributed by atoms with van der Waals surface area (Å²) < 4.78 is 47.0. The molecule has 3 aromatic rings. The van der Waals surface area contributed by atoms with Crippen molar-refractivity contribution in [3.05, 3.63) is 52.4 Å². The van der Waals surface area contributed by atoms with E-state index in [1.165, 1.54) is 24.4 Å². The lowest BCUT2D eigenvalue weighted by atomic mass is 10.1. The van der Waals surface area contributed by atoms with Gasteiger partial charge in [0.15, 0.2) is 5.65 Å². The Kier molecular flexibility index (Phi) is 7.06. The van der Waals surface area contributed by atoms with Gasteiger partial charge in [-0.3, -0.25) is 14.2 Å². The van der Waals surface area contributed by atoms with Crippen LogP contribution in [0.4, 0.5) is 13.2 Å². The number of benzene rings is 1. The summed E-state index contributed by atoms with van der Waals surface area (Å²) in [6.07, 6.45) is -1.53. The number of carbonyl (C=O) groups excluding carboxylic acids is 1. The monoisotopic (exact) mass is 489 g/mol. The van der Waals surface area contributed by atoms with Gasteiger partial charge >= 0.3 is 6.18 Å². The highest BCUT2D eigenvalue weighted by Crippen LogP contribution is 2.32. The van der Waals surface area contributed by atoms with Crippen molar-refractivity contribution in [1.82, 2.24) is 25.2 Å². The third-order valence-corrected chi connectivity index (χ3v) is 5.57. The lowest BCUT2D eigenvalue weighted by Gasteiger charge is -2.23. The van der Waals surface area contributed by atoms with E-state index in [4.69, 9.17) is 4.74 Å². The molecule has 3 heterocycles. The van der Waals surface area contributed by atoms with Gasteiger partial charge in [0.25, 0.3) is 5.56 Å². The third kappa shape index (κ3) is 5.79. The summed E-state index contributed by atoms with van der Waals surface area (Å²) in [6, 6.07) is 5.81. The van der Waals surface area contributed by atoms with Gasteiger partial charge in [0.1, 0.15) is 24.2 Å². The molecule has 4 rings (SSSR count). The highest BCUT2D eigenvalue weighted by Gasteiger charge is 2.31. The van der Waals surface area contributed by atoms with Gasteiger partial charge in [0.2, 0.25) is 5.91 Å². The summed E-state index contributed by atoms with van der Waals surface area (Å²) >= 11 is 0. The number of ether oxygens (including phenoxy) is 1. The minimum Gasteiger partial charge on any atom is -0.489 e. The van der Waals surface area contributed by atoms with Crippen LogP contribution in [-0.4, -0.2) is 45.7 Å². The molecule has 1 aliphatic rings. The van der Waals surface area contributed by atoms with Crippen molar-refractivity contribution in [3.8, 4) is 17.1 Å². The number of amides is 1. The van der Waals surface area contributed by atoms with Crippen molar-refractivity contribution in [1.29, 1.82) is 0 Å². The van der Waals surface area contributed by atoms with E-state index in [0.717, 1.165) is 42.6 Å². The Hall–Kier alpha value is -3.47. The predicted octanol–water partition coefficient (Wildman–Crippen LogP) is 3.13. The smallest absolute Gasteiger partial charge is 0.416 e. The summed E-state index contributed by atoms with van der Waals surface area (Å²) in [5.41, 5.74) is -1.38. The van der Waals surface area contributed by atoms with E-state index >= 15 is 0 Å². The second kappa shape index (κ2) is 10.0. The molecule has 0 bridgehead atoms. The zero-order chi connectivity index (χ0) is 25.2. The van der Waals surface area contributed by atoms with E-state index in [2.05, 4.69) is 20.6 Å². The normalized spacial score (nSPS) is 14.9. The molecular weight excluding hydrogens is 463 g/mol. The van der Waals surface area contributed by atoms with Crippen LogP contribution in [0.1, 0.15) is 32.3 Å². The van der Waals surface area contributed by atoms with Crippen LogP contribution < -0.4 is 20.9 Å². The van der Waals surface area contributed by atoms with Crippen molar-refractivity contribution in [2.45, 2.75) is 51.6 Å². The molecule has 186 valence electrons. The number of piperidine rings is 1. The minimum atomic E-state index is -4.58. The fourth-order valence-electron chi connectivity index (χ4n) is 3.97. The molecule has 0 radical (unpaired) electrons. The topological polar surface area (TPSA) is 98.1 Å². The Labute approximate surface area is 199 Å². The molecular formula is C24H26F3N5O3. The molecule has 11 heteroatoms. The third-order valence-electron chi connectivity index (χ3n) is 5.57. The van der Waals surface area contributed by atoms with Crippen molar-refractivity contribution in [3.63, 3.8) is 0 Å². The Balaban J connectivity index is 1.81. The Bertz CT molecular complexity index is 1280. The van der Waals surface area contributed by atoms with Gasteiger partial charge in [0.05, 0.1) is 17.1 Å². The molecule has 35 heavy (non-hydrogen) atoms. The number of alkyl halides is 3. The largest absolute Gasteiger partial charge is 0.489 e. The van der Waals surface area contributed by atoms with Crippen LogP contribution in [-0.2, 0) is 17.5 Å². The summed E-state index contributed by atoms with van der Waals surface area (Å²) in [4.78, 5) is 34.6. The molecule has 1 aromatic carbocycles. The number of hydrogen-bond donors (Lipinski definition) is 2. The van der Waals surface area contributed by atoms with E-state index in [0.29, 0.717) is 5.75 Å². The quantitative estimate of drug-likeness (QED) is 0.552. The van der Waals surface area contributed by atoms with Gasteiger partial charge in [0, 0.05) is 11.6 Å². The van der Waals surface area contributed by atoms with E-state index in [9.17, 15) is 22.8 Å². The average molecular weight is 489 g/mol. The average Bonchev–Trinajstić information content (AvgIpc) is 2.81. The van der Waals surface area contributed by atoms with Gasteiger partial charge in [-0.05, 0) is 58.0 Å². The number of nitrogens with zero attached hydrogens (tertiary/aromatic N) is 3. The van der Waals surface area contributed by atoms with Crippen LogP contribution >= 0.6 is 0 Å². The van der Waals surface area contributed by atoms with E-state index in [1.807, 2.05) is 0 Å².